The molecule has 2 rings (SSSR count). The minimum Gasteiger partial charge on any atom is -0.0884 e. The largest absolute Gasteiger partial charge is 0.0884 e. The Morgan fingerprint density at radius 2 is 2.18 bits per heavy atom. The van der Waals surface area contributed by atoms with Crippen molar-refractivity contribution in [3.63, 3.8) is 0 Å². The SMILES string of the molecule is Clc1cccc([C@@H]2C[C@@H]2Br)c1. The summed E-state index contributed by atoms with van der Waals surface area (Å²) in [6.45, 7) is 0. The molecule has 2 heteroatoms. The van der Waals surface area contributed by atoms with Crippen LogP contribution in [0.2, 0.25) is 5.02 Å². The normalized spacial score (nSPS) is 28.5. The molecule has 0 saturated heterocycles. The van der Waals surface area contributed by atoms with Crippen LogP contribution in [-0.2, 0) is 0 Å². The van der Waals surface area contributed by atoms with E-state index in [0.717, 1.165) is 5.02 Å². The molecule has 2 atom stereocenters. The van der Waals surface area contributed by atoms with Crippen molar-refractivity contribution in [3.8, 4) is 0 Å². The lowest BCUT2D eigenvalue weighted by atomic mass is 10.1. The van der Waals surface area contributed by atoms with Crippen LogP contribution in [0.4, 0.5) is 0 Å². The van der Waals surface area contributed by atoms with E-state index in [2.05, 4.69) is 22.0 Å². The molecule has 0 N–H and O–H groups in total. The molecular formula is C9H8BrCl. The Bertz CT molecular complexity index is 272. The minimum absolute atomic E-state index is 0.681. The van der Waals surface area contributed by atoms with Crippen molar-refractivity contribution in [2.24, 2.45) is 0 Å². The molecule has 0 unspecified atom stereocenters. The molecule has 1 saturated carbocycles. The van der Waals surface area contributed by atoms with Gasteiger partial charge in [0.15, 0.2) is 0 Å². The van der Waals surface area contributed by atoms with E-state index < -0.39 is 0 Å². The molecule has 0 spiro atoms. The Labute approximate surface area is 79.7 Å². The average molecular weight is 232 g/mol. The van der Waals surface area contributed by atoms with Gasteiger partial charge in [-0.1, -0.05) is 39.7 Å². The van der Waals surface area contributed by atoms with Gasteiger partial charge in [-0.25, -0.2) is 0 Å². The highest BCUT2D eigenvalue weighted by Crippen LogP contribution is 2.46. The van der Waals surface area contributed by atoms with Gasteiger partial charge in [-0.3, -0.25) is 0 Å². The van der Waals surface area contributed by atoms with Crippen LogP contribution >= 0.6 is 27.5 Å². The van der Waals surface area contributed by atoms with Crippen LogP contribution in [0.3, 0.4) is 0 Å². The fourth-order valence-electron chi connectivity index (χ4n) is 1.25. The summed E-state index contributed by atoms with van der Waals surface area (Å²) >= 11 is 9.42. The summed E-state index contributed by atoms with van der Waals surface area (Å²) in [5, 5.41) is 0.842. The van der Waals surface area contributed by atoms with Crippen LogP contribution in [0, 0.1) is 0 Å². The van der Waals surface area contributed by atoms with Crippen molar-refractivity contribution in [1.82, 2.24) is 0 Å². The molecule has 0 aliphatic heterocycles. The smallest absolute Gasteiger partial charge is 0.0408 e. The van der Waals surface area contributed by atoms with Crippen molar-refractivity contribution in [1.29, 1.82) is 0 Å². The van der Waals surface area contributed by atoms with E-state index >= 15 is 0 Å². The molecule has 0 bridgehead atoms. The molecule has 0 nitrogen and oxygen atoms in total. The highest BCUT2D eigenvalue weighted by Gasteiger charge is 2.35. The van der Waals surface area contributed by atoms with Crippen molar-refractivity contribution in [3.05, 3.63) is 34.9 Å². The second-order valence-corrected chi connectivity index (χ2v) is 4.53. The van der Waals surface area contributed by atoms with Crippen LogP contribution in [0.25, 0.3) is 0 Å². The highest BCUT2D eigenvalue weighted by atomic mass is 79.9. The molecule has 1 aliphatic rings. The molecule has 0 aromatic heterocycles. The third kappa shape index (κ3) is 1.60. The lowest BCUT2D eigenvalue weighted by Crippen LogP contribution is -1.79. The zero-order valence-corrected chi connectivity index (χ0v) is 8.27. The maximum atomic E-state index is 5.85. The maximum Gasteiger partial charge on any atom is 0.0408 e. The fourth-order valence-corrected chi connectivity index (χ4v) is 2.15. The summed E-state index contributed by atoms with van der Waals surface area (Å²) in [5.41, 5.74) is 1.36. The Morgan fingerprint density at radius 1 is 1.45 bits per heavy atom. The first-order valence-corrected chi connectivity index (χ1v) is 4.96. The van der Waals surface area contributed by atoms with Crippen LogP contribution in [-0.4, -0.2) is 4.83 Å². The zero-order chi connectivity index (χ0) is 7.84. The van der Waals surface area contributed by atoms with Crippen molar-refractivity contribution < 1.29 is 0 Å². The standard InChI is InChI=1S/C9H8BrCl/c10-9-5-8(9)6-2-1-3-7(11)4-6/h1-4,8-9H,5H2/t8-,9-/m0/s1. The molecule has 11 heavy (non-hydrogen) atoms. The maximum absolute atomic E-state index is 5.85. The molecule has 0 amide bonds. The van der Waals surface area contributed by atoms with Crippen LogP contribution in [0.15, 0.2) is 24.3 Å². The first-order valence-electron chi connectivity index (χ1n) is 3.67. The van der Waals surface area contributed by atoms with Gasteiger partial charge in [0.1, 0.15) is 0 Å². The molecule has 0 radical (unpaired) electrons. The monoisotopic (exact) mass is 230 g/mol. The third-order valence-corrected chi connectivity index (χ3v) is 3.24. The van der Waals surface area contributed by atoms with Gasteiger partial charge in [0, 0.05) is 9.85 Å². The number of halogens is 2. The topological polar surface area (TPSA) is 0 Å². The lowest BCUT2D eigenvalue weighted by Gasteiger charge is -1.96. The summed E-state index contributed by atoms with van der Waals surface area (Å²) in [7, 11) is 0. The highest BCUT2D eigenvalue weighted by molar-refractivity contribution is 9.09. The van der Waals surface area contributed by atoms with E-state index in [-0.39, 0.29) is 0 Å². The number of hydrogen-bond acceptors (Lipinski definition) is 0. The van der Waals surface area contributed by atoms with E-state index in [1.807, 2.05) is 18.2 Å². The number of benzene rings is 1. The van der Waals surface area contributed by atoms with E-state index in [1.165, 1.54) is 12.0 Å². The van der Waals surface area contributed by atoms with Gasteiger partial charge in [-0.05, 0) is 30.0 Å². The van der Waals surface area contributed by atoms with Gasteiger partial charge >= 0.3 is 0 Å². The van der Waals surface area contributed by atoms with Crippen molar-refractivity contribution in [2.45, 2.75) is 17.2 Å². The van der Waals surface area contributed by atoms with E-state index in [0.29, 0.717) is 10.7 Å². The zero-order valence-electron chi connectivity index (χ0n) is 5.93. The summed E-state index contributed by atoms with van der Waals surface area (Å²) in [6, 6.07) is 8.11. The molecule has 1 aromatic carbocycles. The summed E-state index contributed by atoms with van der Waals surface area (Å²) in [6.07, 6.45) is 1.25. The molecule has 0 heterocycles. The van der Waals surface area contributed by atoms with Crippen molar-refractivity contribution >= 4 is 27.5 Å². The van der Waals surface area contributed by atoms with E-state index in [4.69, 9.17) is 11.6 Å². The second kappa shape index (κ2) is 2.80. The molecule has 1 fully saturated rings. The average Bonchev–Trinajstić information content (AvgIpc) is 2.67. The summed E-state index contributed by atoms with van der Waals surface area (Å²) in [4.78, 5) is 0.681. The number of hydrogen-bond donors (Lipinski definition) is 0. The van der Waals surface area contributed by atoms with Gasteiger partial charge in [0.2, 0.25) is 0 Å². The van der Waals surface area contributed by atoms with Gasteiger partial charge in [0.05, 0.1) is 0 Å². The van der Waals surface area contributed by atoms with Crippen LogP contribution in [0.1, 0.15) is 17.9 Å². The number of rotatable bonds is 1. The van der Waals surface area contributed by atoms with E-state index in [9.17, 15) is 0 Å². The predicted molar refractivity (Wildman–Crippen MR) is 51.5 cm³/mol. The molecule has 58 valence electrons. The number of alkyl halides is 1. The van der Waals surface area contributed by atoms with E-state index in [1.54, 1.807) is 0 Å². The van der Waals surface area contributed by atoms with Gasteiger partial charge in [-0.15, -0.1) is 0 Å². The molecular weight excluding hydrogens is 223 g/mol. The third-order valence-electron chi connectivity index (χ3n) is 1.99. The molecule has 1 aromatic rings. The fraction of sp³-hybridized carbons (Fsp3) is 0.333. The van der Waals surface area contributed by atoms with Crippen molar-refractivity contribution in [2.75, 3.05) is 0 Å². The summed E-state index contributed by atoms with van der Waals surface area (Å²) in [5.74, 6) is 0.702. The minimum atomic E-state index is 0.681. The Morgan fingerprint density at radius 3 is 2.73 bits per heavy atom. The van der Waals surface area contributed by atoms with Gasteiger partial charge in [-0.2, -0.15) is 0 Å². The van der Waals surface area contributed by atoms with Gasteiger partial charge < -0.3 is 0 Å². The van der Waals surface area contributed by atoms with Crippen LogP contribution in [0.5, 0.6) is 0 Å². The Hall–Kier alpha value is -0.0100. The van der Waals surface area contributed by atoms with Gasteiger partial charge in [0.25, 0.3) is 0 Å². The first-order chi connectivity index (χ1) is 5.27. The van der Waals surface area contributed by atoms with Crippen LogP contribution < -0.4 is 0 Å². The Balaban J connectivity index is 2.25. The quantitative estimate of drug-likeness (QED) is 0.648. The second-order valence-electron chi connectivity index (χ2n) is 2.91. The lowest BCUT2D eigenvalue weighted by molar-refractivity contribution is 1.14. The first kappa shape index (κ1) is 7.63. The Kier molecular flexibility index (Phi) is 1.94. The predicted octanol–water partition coefficient (Wildman–Crippen LogP) is 3.59. The summed E-state index contributed by atoms with van der Waals surface area (Å²) < 4.78 is 0. The molecule has 1 aliphatic carbocycles.